The van der Waals surface area contributed by atoms with Gasteiger partial charge in [0.2, 0.25) is 0 Å². The molecule has 0 heterocycles. The first-order valence-electron chi connectivity index (χ1n) is 6.08. The van der Waals surface area contributed by atoms with E-state index in [4.69, 9.17) is 5.26 Å². The predicted molar refractivity (Wildman–Crippen MR) is 76.3 cm³/mol. The normalized spacial score (nSPS) is 9.80. The summed E-state index contributed by atoms with van der Waals surface area (Å²) in [4.78, 5) is 10.7. The lowest BCUT2D eigenvalue weighted by Crippen LogP contribution is -2.03. The quantitative estimate of drug-likeness (QED) is 0.680. The van der Waals surface area contributed by atoms with Crippen molar-refractivity contribution in [2.75, 3.05) is 5.32 Å². The zero-order valence-electron chi connectivity index (χ0n) is 11.0. The molecule has 0 unspecified atom stereocenters. The van der Waals surface area contributed by atoms with E-state index in [2.05, 4.69) is 5.32 Å². The minimum absolute atomic E-state index is 0.0983. The van der Waals surface area contributed by atoms with Crippen LogP contribution in [0.2, 0.25) is 0 Å². The summed E-state index contributed by atoms with van der Waals surface area (Å²) in [5.41, 5.74) is 2.77. The first-order chi connectivity index (χ1) is 9.61. The summed E-state index contributed by atoms with van der Waals surface area (Å²) in [5.74, 6) is 0. The lowest BCUT2D eigenvalue weighted by atomic mass is 10.1. The van der Waals surface area contributed by atoms with Crippen molar-refractivity contribution in [3.05, 3.63) is 69.3 Å². The molecule has 1 N–H and O–H groups in total. The van der Waals surface area contributed by atoms with Gasteiger partial charge in [0.15, 0.2) is 0 Å². The van der Waals surface area contributed by atoms with E-state index >= 15 is 0 Å². The largest absolute Gasteiger partial charge is 0.375 e. The minimum Gasteiger partial charge on any atom is -0.375 e. The van der Waals surface area contributed by atoms with Gasteiger partial charge in [-0.05, 0) is 30.7 Å². The van der Waals surface area contributed by atoms with E-state index in [1.54, 1.807) is 37.3 Å². The summed E-state index contributed by atoms with van der Waals surface area (Å²) in [6, 6.07) is 14.3. The number of para-hydroxylation sites is 1. The molecule has 0 fully saturated rings. The average Bonchev–Trinajstić information content (AvgIpc) is 2.45. The van der Waals surface area contributed by atoms with E-state index in [9.17, 15) is 10.1 Å². The molecule has 0 amide bonds. The molecule has 0 saturated carbocycles. The van der Waals surface area contributed by atoms with Crippen LogP contribution in [0.15, 0.2) is 42.5 Å². The molecule has 0 saturated heterocycles. The van der Waals surface area contributed by atoms with Gasteiger partial charge in [-0.15, -0.1) is 0 Å². The number of nitriles is 1. The summed E-state index contributed by atoms with van der Waals surface area (Å²) in [7, 11) is 0. The molecule has 0 aliphatic heterocycles. The molecule has 2 aromatic rings. The van der Waals surface area contributed by atoms with Crippen LogP contribution >= 0.6 is 0 Å². The Morgan fingerprint density at radius 1 is 1.25 bits per heavy atom. The Balaban J connectivity index is 2.16. The monoisotopic (exact) mass is 267 g/mol. The highest BCUT2D eigenvalue weighted by atomic mass is 16.6. The topological polar surface area (TPSA) is 79.0 Å². The lowest BCUT2D eigenvalue weighted by molar-refractivity contribution is -0.384. The second kappa shape index (κ2) is 5.85. The van der Waals surface area contributed by atoms with Crippen molar-refractivity contribution in [1.82, 2.24) is 0 Å². The van der Waals surface area contributed by atoms with Crippen molar-refractivity contribution in [3.63, 3.8) is 0 Å². The Kier molecular flexibility index (Phi) is 3.96. The second-order valence-corrected chi connectivity index (χ2v) is 4.39. The molecule has 5 heteroatoms. The van der Waals surface area contributed by atoms with Gasteiger partial charge in [0.25, 0.3) is 5.69 Å². The van der Waals surface area contributed by atoms with Crippen molar-refractivity contribution in [3.8, 4) is 6.07 Å². The van der Waals surface area contributed by atoms with Crippen LogP contribution in [-0.4, -0.2) is 4.92 Å². The number of nitro groups is 1. The van der Waals surface area contributed by atoms with Crippen LogP contribution in [-0.2, 0) is 6.54 Å². The number of hydrogen-bond acceptors (Lipinski definition) is 4. The number of anilines is 1. The van der Waals surface area contributed by atoms with Gasteiger partial charge in [0.1, 0.15) is 5.69 Å². The number of rotatable bonds is 4. The van der Waals surface area contributed by atoms with Gasteiger partial charge in [-0.2, -0.15) is 5.26 Å². The summed E-state index contributed by atoms with van der Waals surface area (Å²) in [5, 5.41) is 22.9. The minimum atomic E-state index is -0.379. The Morgan fingerprint density at radius 3 is 2.55 bits per heavy atom. The second-order valence-electron chi connectivity index (χ2n) is 4.39. The molecular weight excluding hydrogens is 254 g/mol. The van der Waals surface area contributed by atoms with Crippen LogP contribution in [0.3, 0.4) is 0 Å². The molecule has 0 aromatic heterocycles. The Hall–Kier alpha value is -2.87. The van der Waals surface area contributed by atoms with E-state index in [1.165, 1.54) is 0 Å². The van der Waals surface area contributed by atoms with Gasteiger partial charge < -0.3 is 5.32 Å². The van der Waals surface area contributed by atoms with Gasteiger partial charge in [0, 0.05) is 12.1 Å². The van der Waals surface area contributed by atoms with Crippen molar-refractivity contribution in [2.24, 2.45) is 0 Å². The lowest BCUT2D eigenvalue weighted by Gasteiger charge is -2.08. The molecule has 0 radical (unpaired) electrons. The Labute approximate surface area is 116 Å². The summed E-state index contributed by atoms with van der Waals surface area (Å²) in [6.07, 6.45) is 0. The Morgan fingerprint density at radius 2 is 1.95 bits per heavy atom. The fourth-order valence-corrected chi connectivity index (χ4v) is 1.94. The maximum absolute atomic E-state index is 11.1. The summed E-state index contributed by atoms with van der Waals surface area (Å²) in [6.45, 7) is 2.18. The molecule has 0 atom stereocenters. The number of aryl methyl sites for hydroxylation is 1. The molecule has 2 aromatic carbocycles. The summed E-state index contributed by atoms with van der Waals surface area (Å²) < 4.78 is 0. The maximum atomic E-state index is 11.1. The van der Waals surface area contributed by atoms with Crippen LogP contribution < -0.4 is 5.32 Å². The number of hydrogen-bond donors (Lipinski definition) is 1. The van der Waals surface area contributed by atoms with Crippen molar-refractivity contribution in [2.45, 2.75) is 13.5 Å². The SMILES string of the molecule is Cc1cccc(NCc2ccc(C#N)cc2)c1[N+](=O)[O-]. The molecule has 0 aliphatic rings. The van der Waals surface area contributed by atoms with Crippen LogP contribution in [0, 0.1) is 28.4 Å². The Bertz CT molecular complexity index is 673. The van der Waals surface area contributed by atoms with Gasteiger partial charge in [-0.3, -0.25) is 10.1 Å². The van der Waals surface area contributed by atoms with Gasteiger partial charge in [-0.1, -0.05) is 24.3 Å². The van der Waals surface area contributed by atoms with Gasteiger partial charge >= 0.3 is 0 Å². The van der Waals surface area contributed by atoms with E-state index in [0.29, 0.717) is 23.4 Å². The van der Waals surface area contributed by atoms with Crippen LogP contribution in [0.4, 0.5) is 11.4 Å². The fraction of sp³-hybridized carbons (Fsp3) is 0.133. The molecule has 2 rings (SSSR count). The molecule has 100 valence electrons. The number of nitrogens with zero attached hydrogens (tertiary/aromatic N) is 2. The average molecular weight is 267 g/mol. The molecule has 0 aliphatic carbocycles. The highest BCUT2D eigenvalue weighted by Crippen LogP contribution is 2.28. The molecular formula is C15H13N3O2. The van der Waals surface area contributed by atoms with Crippen molar-refractivity contribution in [1.29, 1.82) is 5.26 Å². The van der Waals surface area contributed by atoms with Crippen LogP contribution in [0.25, 0.3) is 0 Å². The first-order valence-corrected chi connectivity index (χ1v) is 6.08. The maximum Gasteiger partial charge on any atom is 0.295 e. The highest BCUT2D eigenvalue weighted by Gasteiger charge is 2.16. The van der Waals surface area contributed by atoms with E-state index in [0.717, 1.165) is 5.56 Å². The van der Waals surface area contributed by atoms with E-state index in [-0.39, 0.29) is 10.6 Å². The van der Waals surface area contributed by atoms with Crippen molar-refractivity contribution >= 4 is 11.4 Å². The predicted octanol–water partition coefficient (Wildman–Crippen LogP) is 3.39. The van der Waals surface area contributed by atoms with E-state index < -0.39 is 0 Å². The zero-order chi connectivity index (χ0) is 14.5. The number of benzene rings is 2. The smallest absolute Gasteiger partial charge is 0.295 e. The summed E-state index contributed by atoms with van der Waals surface area (Å²) >= 11 is 0. The highest BCUT2D eigenvalue weighted by molar-refractivity contribution is 5.65. The molecule has 20 heavy (non-hydrogen) atoms. The van der Waals surface area contributed by atoms with Crippen LogP contribution in [0.1, 0.15) is 16.7 Å². The molecule has 5 nitrogen and oxygen atoms in total. The third kappa shape index (κ3) is 2.93. The van der Waals surface area contributed by atoms with Gasteiger partial charge in [-0.25, -0.2) is 0 Å². The third-order valence-corrected chi connectivity index (χ3v) is 2.99. The molecule has 0 bridgehead atoms. The number of nitro benzene ring substituents is 1. The van der Waals surface area contributed by atoms with Gasteiger partial charge in [0.05, 0.1) is 16.6 Å². The fourth-order valence-electron chi connectivity index (χ4n) is 1.94. The standard InChI is InChI=1S/C15H13N3O2/c1-11-3-2-4-14(15(11)18(19)20)17-10-13-7-5-12(9-16)6-8-13/h2-8,17H,10H2,1H3. The van der Waals surface area contributed by atoms with Crippen LogP contribution in [0.5, 0.6) is 0 Å². The van der Waals surface area contributed by atoms with E-state index in [1.807, 2.05) is 18.2 Å². The third-order valence-electron chi connectivity index (χ3n) is 2.99. The van der Waals surface area contributed by atoms with Crippen molar-refractivity contribution < 1.29 is 4.92 Å². The molecule has 0 spiro atoms. The zero-order valence-corrected chi connectivity index (χ0v) is 11.0. The number of nitrogens with one attached hydrogen (secondary N) is 1. The first kappa shape index (κ1) is 13.6.